The number of likely N-dealkylation sites (tertiary alicyclic amines) is 1. The molecule has 2 N–H and O–H groups in total. The minimum absolute atomic E-state index is 0.1000. The Morgan fingerprint density at radius 2 is 2.00 bits per heavy atom. The Labute approximate surface area is 103 Å². The van der Waals surface area contributed by atoms with Gasteiger partial charge in [0.05, 0.1) is 19.8 Å². The first-order chi connectivity index (χ1) is 8.31. The van der Waals surface area contributed by atoms with Crippen LogP contribution in [0.1, 0.15) is 19.3 Å². The average molecular weight is 241 g/mol. The highest BCUT2D eigenvalue weighted by Gasteiger charge is 2.27. The molecule has 0 bridgehead atoms. The molecule has 98 valence electrons. The minimum atomic E-state index is 0.1000. The van der Waals surface area contributed by atoms with Crippen LogP contribution in [0.3, 0.4) is 0 Å². The molecule has 0 spiro atoms. The fourth-order valence-corrected chi connectivity index (χ4v) is 2.72. The molecule has 2 fully saturated rings. The maximum Gasteiger partial charge on any atom is 0.236 e. The molecule has 1 unspecified atom stereocenters. The Kier molecular flexibility index (Phi) is 4.76. The third-order valence-corrected chi connectivity index (χ3v) is 3.69. The molecule has 5 nitrogen and oxygen atoms in total. The molecule has 0 aromatic heterocycles. The number of piperidine rings is 1. The summed E-state index contributed by atoms with van der Waals surface area (Å²) in [5.74, 6) is 0.1000. The van der Waals surface area contributed by atoms with Crippen LogP contribution >= 0.6 is 0 Å². The summed E-state index contributed by atoms with van der Waals surface area (Å²) in [6, 6.07) is 0.359. The maximum absolute atomic E-state index is 11.8. The van der Waals surface area contributed by atoms with Crippen LogP contribution in [0.2, 0.25) is 0 Å². The molecule has 1 atom stereocenters. The number of morpholine rings is 1. The number of carbonyl (C=O) groups is 1. The van der Waals surface area contributed by atoms with Gasteiger partial charge in [-0.15, -0.1) is 0 Å². The first-order valence-electron chi connectivity index (χ1n) is 6.61. The second-order valence-corrected chi connectivity index (χ2v) is 4.85. The average Bonchev–Trinajstić information content (AvgIpc) is 2.40. The summed E-state index contributed by atoms with van der Waals surface area (Å²) in [6.07, 6.45) is 3.46. The van der Waals surface area contributed by atoms with Crippen molar-refractivity contribution in [2.45, 2.75) is 25.3 Å². The maximum atomic E-state index is 11.8. The SMILES string of the molecule is NCC(=O)N1CCCCC1CN1CCOCC1. The molecule has 1 amide bonds. The van der Waals surface area contributed by atoms with Gasteiger partial charge in [-0.1, -0.05) is 0 Å². The van der Waals surface area contributed by atoms with E-state index in [2.05, 4.69) is 4.90 Å². The van der Waals surface area contributed by atoms with E-state index in [1.54, 1.807) is 0 Å². The van der Waals surface area contributed by atoms with E-state index in [1.165, 1.54) is 6.42 Å². The Morgan fingerprint density at radius 3 is 2.71 bits per heavy atom. The number of nitrogens with zero attached hydrogens (tertiary/aromatic N) is 2. The van der Waals surface area contributed by atoms with Crippen LogP contribution in [-0.2, 0) is 9.53 Å². The van der Waals surface area contributed by atoms with E-state index in [0.29, 0.717) is 6.04 Å². The highest BCUT2D eigenvalue weighted by molar-refractivity contribution is 5.78. The van der Waals surface area contributed by atoms with Gasteiger partial charge >= 0.3 is 0 Å². The van der Waals surface area contributed by atoms with E-state index in [-0.39, 0.29) is 12.5 Å². The predicted molar refractivity (Wildman–Crippen MR) is 65.7 cm³/mol. The lowest BCUT2D eigenvalue weighted by atomic mass is 10.0. The second kappa shape index (κ2) is 6.33. The van der Waals surface area contributed by atoms with Gasteiger partial charge in [0.1, 0.15) is 0 Å². The molecule has 0 saturated carbocycles. The minimum Gasteiger partial charge on any atom is -0.379 e. The van der Waals surface area contributed by atoms with Gasteiger partial charge in [-0.25, -0.2) is 0 Å². The Morgan fingerprint density at radius 1 is 1.24 bits per heavy atom. The van der Waals surface area contributed by atoms with Crippen molar-refractivity contribution in [1.82, 2.24) is 9.80 Å². The highest BCUT2D eigenvalue weighted by Crippen LogP contribution is 2.18. The largest absolute Gasteiger partial charge is 0.379 e. The molecule has 0 aromatic carbocycles. The normalized spacial score (nSPS) is 27.1. The van der Waals surface area contributed by atoms with E-state index < -0.39 is 0 Å². The summed E-state index contributed by atoms with van der Waals surface area (Å²) in [5.41, 5.74) is 5.47. The fourth-order valence-electron chi connectivity index (χ4n) is 2.72. The van der Waals surface area contributed by atoms with Crippen LogP contribution in [0.15, 0.2) is 0 Å². The number of rotatable bonds is 3. The molecule has 2 saturated heterocycles. The molecule has 0 radical (unpaired) electrons. The summed E-state index contributed by atoms with van der Waals surface area (Å²) >= 11 is 0. The van der Waals surface area contributed by atoms with Gasteiger partial charge < -0.3 is 15.4 Å². The van der Waals surface area contributed by atoms with Gasteiger partial charge in [-0.05, 0) is 19.3 Å². The Balaban J connectivity index is 1.88. The van der Waals surface area contributed by atoms with Crippen LogP contribution < -0.4 is 5.73 Å². The van der Waals surface area contributed by atoms with Crippen LogP contribution in [0.25, 0.3) is 0 Å². The van der Waals surface area contributed by atoms with Crippen molar-refractivity contribution in [2.24, 2.45) is 5.73 Å². The number of hydrogen-bond acceptors (Lipinski definition) is 4. The van der Waals surface area contributed by atoms with Gasteiger partial charge in [-0.3, -0.25) is 9.69 Å². The summed E-state index contributed by atoms with van der Waals surface area (Å²) < 4.78 is 5.34. The van der Waals surface area contributed by atoms with Gasteiger partial charge in [0.2, 0.25) is 5.91 Å². The van der Waals surface area contributed by atoms with Crippen molar-refractivity contribution >= 4 is 5.91 Å². The first-order valence-corrected chi connectivity index (χ1v) is 6.61. The molecule has 2 aliphatic heterocycles. The van der Waals surface area contributed by atoms with Gasteiger partial charge in [-0.2, -0.15) is 0 Å². The zero-order chi connectivity index (χ0) is 12.1. The topological polar surface area (TPSA) is 58.8 Å². The smallest absolute Gasteiger partial charge is 0.236 e. The van der Waals surface area contributed by atoms with E-state index in [4.69, 9.17) is 10.5 Å². The van der Waals surface area contributed by atoms with E-state index in [0.717, 1.165) is 52.2 Å². The van der Waals surface area contributed by atoms with E-state index >= 15 is 0 Å². The molecule has 0 aliphatic carbocycles. The molecule has 17 heavy (non-hydrogen) atoms. The molecule has 2 heterocycles. The van der Waals surface area contributed by atoms with Crippen molar-refractivity contribution in [3.63, 3.8) is 0 Å². The number of amides is 1. The second-order valence-electron chi connectivity index (χ2n) is 4.85. The molecular formula is C12H23N3O2. The molecule has 0 aromatic rings. The van der Waals surface area contributed by atoms with Crippen LogP contribution in [0.5, 0.6) is 0 Å². The third kappa shape index (κ3) is 3.40. The van der Waals surface area contributed by atoms with Gasteiger partial charge in [0.25, 0.3) is 0 Å². The lowest BCUT2D eigenvalue weighted by Crippen LogP contribution is -2.52. The quantitative estimate of drug-likeness (QED) is 0.734. The van der Waals surface area contributed by atoms with Gasteiger partial charge in [0.15, 0.2) is 0 Å². The Bertz CT molecular complexity index is 254. The zero-order valence-electron chi connectivity index (χ0n) is 10.4. The van der Waals surface area contributed by atoms with Crippen LogP contribution in [0.4, 0.5) is 0 Å². The number of ether oxygens (including phenoxy) is 1. The van der Waals surface area contributed by atoms with E-state index in [9.17, 15) is 4.79 Å². The predicted octanol–water partition coefficient (Wildman–Crippen LogP) is -0.342. The van der Waals surface area contributed by atoms with Crippen LogP contribution in [0, 0.1) is 0 Å². The standard InChI is InChI=1S/C12H23N3O2/c13-9-12(16)15-4-2-1-3-11(15)10-14-5-7-17-8-6-14/h11H,1-10,13H2. The molecule has 5 heteroatoms. The monoisotopic (exact) mass is 241 g/mol. The Hall–Kier alpha value is -0.650. The highest BCUT2D eigenvalue weighted by atomic mass is 16.5. The first kappa shape index (κ1) is 12.8. The third-order valence-electron chi connectivity index (χ3n) is 3.69. The molecular weight excluding hydrogens is 218 g/mol. The van der Waals surface area contributed by atoms with Crippen molar-refractivity contribution in [1.29, 1.82) is 0 Å². The lowest BCUT2D eigenvalue weighted by molar-refractivity contribution is -0.134. The fraction of sp³-hybridized carbons (Fsp3) is 0.917. The lowest BCUT2D eigenvalue weighted by Gasteiger charge is -2.39. The van der Waals surface area contributed by atoms with Crippen molar-refractivity contribution in [2.75, 3.05) is 45.9 Å². The summed E-state index contributed by atoms with van der Waals surface area (Å²) in [7, 11) is 0. The van der Waals surface area contributed by atoms with Crippen LogP contribution in [-0.4, -0.2) is 67.7 Å². The summed E-state index contributed by atoms with van der Waals surface area (Å²) in [5, 5.41) is 0. The number of hydrogen-bond donors (Lipinski definition) is 1. The van der Waals surface area contributed by atoms with Crippen molar-refractivity contribution < 1.29 is 9.53 Å². The molecule has 2 aliphatic rings. The van der Waals surface area contributed by atoms with Crippen molar-refractivity contribution in [3.8, 4) is 0 Å². The zero-order valence-corrected chi connectivity index (χ0v) is 10.4. The molecule has 2 rings (SSSR count). The number of carbonyl (C=O) groups excluding carboxylic acids is 1. The van der Waals surface area contributed by atoms with Crippen molar-refractivity contribution in [3.05, 3.63) is 0 Å². The summed E-state index contributed by atoms with van der Waals surface area (Å²) in [4.78, 5) is 16.2. The van der Waals surface area contributed by atoms with E-state index in [1.807, 2.05) is 4.90 Å². The van der Waals surface area contributed by atoms with Gasteiger partial charge in [0, 0.05) is 32.2 Å². The summed E-state index contributed by atoms with van der Waals surface area (Å²) in [6.45, 7) is 5.61. The number of nitrogens with two attached hydrogens (primary N) is 1.